The van der Waals surface area contributed by atoms with Crippen LogP contribution in [-0.2, 0) is 0 Å². The van der Waals surface area contributed by atoms with Crippen LogP contribution in [-0.4, -0.2) is 45.9 Å². The molecule has 7 heteroatoms. The van der Waals surface area contributed by atoms with Gasteiger partial charge < -0.3 is 14.7 Å². The number of ether oxygens (including phenoxy) is 1. The van der Waals surface area contributed by atoms with Crippen LogP contribution in [0.15, 0.2) is 0 Å². The molecule has 17 heavy (non-hydrogen) atoms. The summed E-state index contributed by atoms with van der Waals surface area (Å²) < 4.78 is 5.35. The van der Waals surface area contributed by atoms with Crippen molar-refractivity contribution >= 4 is 17.5 Å². The van der Waals surface area contributed by atoms with Gasteiger partial charge in [-0.25, -0.2) is 0 Å². The van der Waals surface area contributed by atoms with Crippen molar-refractivity contribution in [2.75, 3.05) is 18.5 Å². The molecule has 1 atom stereocenters. The molecule has 0 aliphatic rings. The van der Waals surface area contributed by atoms with Gasteiger partial charge in [-0.2, -0.15) is 15.0 Å². The van der Waals surface area contributed by atoms with Gasteiger partial charge in [0.15, 0.2) is 0 Å². The molecule has 0 fully saturated rings. The molecule has 1 aromatic heterocycles. The number of hydrogen-bond acceptors (Lipinski definition) is 6. The zero-order valence-corrected chi connectivity index (χ0v) is 11.1. The zero-order chi connectivity index (χ0) is 13.0. The summed E-state index contributed by atoms with van der Waals surface area (Å²) in [6, 6.07) is 0.187. The molecule has 0 saturated carbocycles. The van der Waals surface area contributed by atoms with Crippen LogP contribution >= 0.6 is 11.6 Å². The number of rotatable bonds is 5. The van der Waals surface area contributed by atoms with E-state index in [1.54, 1.807) is 18.9 Å². The highest BCUT2D eigenvalue weighted by Gasteiger charge is 2.12. The molecular weight excluding hydrogens is 244 g/mol. The predicted octanol–water partition coefficient (Wildman–Crippen LogP) is 1.13. The standard InChI is InChI=1S/C10H17ClN4O2/c1-6(2)17-10-13-8(11)12-9(14-10)15(4)5-7(3)16/h6-7,16H,5H2,1-4H3. The molecule has 1 aromatic rings. The minimum atomic E-state index is -0.481. The summed E-state index contributed by atoms with van der Waals surface area (Å²) in [6.07, 6.45) is -0.520. The second kappa shape index (κ2) is 5.97. The Morgan fingerprint density at radius 3 is 2.47 bits per heavy atom. The summed E-state index contributed by atoms with van der Waals surface area (Å²) in [5, 5.41) is 9.36. The van der Waals surface area contributed by atoms with E-state index in [-0.39, 0.29) is 17.4 Å². The van der Waals surface area contributed by atoms with Gasteiger partial charge in [-0.1, -0.05) is 0 Å². The van der Waals surface area contributed by atoms with Crippen LogP contribution in [0.1, 0.15) is 20.8 Å². The number of likely N-dealkylation sites (N-methyl/N-ethyl adjacent to an activating group) is 1. The van der Waals surface area contributed by atoms with E-state index in [0.29, 0.717) is 12.5 Å². The number of nitrogens with zero attached hydrogens (tertiary/aromatic N) is 4. The van der Waals surface area contributed by atoms with E-state index in [1.165, 1.54) is 0 Å². The Labute approximate surface area is 106 Å². The Morgan fingerprint density at radius 1 is 1.29 bits per heavy atom. The monoisotopic (exact) mass is 260 g/mol. The molecule has 0 saturated heterocycles. The summed E-state index contributed by atoms with van der Waals surface area (Å²) in [6.45, 7) is 5.83. The van der Waals surface area contributed by atoms with Crippen molar-refractivity contribution in [1.82, 2.24) is 15.0 Å². The molecule has 6 nitrogen and oxygen atoms in total. The van der Waals surface area contributed by atoms with Crippen molar-refractivity contribution in [3.63, 3.8) is 0 Å². The van der Waals surface area contributed by atoms with Gasteiger partial charge in [-0.15, -0.1) is 0 Å². The third-order valence-electron chi connectivity index (χ3n) is 1.80. The van der Waals surface area contributed by atoms with Crippen molar-refractivity contribution in [2.24, 2.45) is 0 Å². The second-order valence-corrected chi connectivity index (χ2v) is 4.42. The predicted molar refractivity (Wildman–Crippen MR) is 65.6 cm³/mol. The van der Waals surface area contributed by atoms with Gasteiger partial charge in [0.2, 0.25) is 11.2 Å². The first-order chi connectivity index (χ1) is 7.88. The van der Waals surface area contributed by atoms with E-state index in [2.05, 4.69) is 15.0 Å². The topological polar surface area (TPSA) is 71.4 Å². The van der Waals surface area contributed by atoms with E-state index >= 15 is 0 Å². The first-order valence-corrected chi connectivity index (χ1v) is 5.73. The van der Waals surface area contributed by atoms with E-state index in [1.807, 2.05) is 13.8 Å². The summed E-state index contributed by atoms with van der Waals surface area (Å²) >= 11 is 5.78. The largest absolute Gasteiger partial charge is 0.461 e. The average Bonchev–Trinajstić information content (AvgIpc) is 2.14. The Bertz CT molecular complexity index is 373. The van der Waals surface area contributed by atoms with Gasteiger partial charge in [0.05, 0.1) is 12.2 Å². The molecule has 96 valence electrons. The van der Waals surface area contributed by atoms with Crippen LogP contribution in [0.4, 0.5) is 5.95 Å². The zero-order valence-electron chi connectivity index (χ0n) is 10.4. The first-order valence-electron chi connectivity index (χ1n) is 5.36. The van der Waals surface area contributed by atoms with E-state index in [9.17, 15) is 5.11 Å². The van der Waals surface area contributed by atoms with Gasteiger partial charge in [-0.05, 0) is 32.4 Å². The molecule has 0 bridgehead atoms. The van der Waals surface area contributed by atoms with Crippen molar-refractivity contribution in [3.05, 3.63) is 5.28 Å². The number of aliphatic hydroxyl groups is 1. The summed E-state index contributed by atoms with van der Waals surface area (Å²) in [5.74, 6) is 0.376. The minimum absolute atomic E-state index is 0.0385. The maximum Gasteiger partial charge on any atom is 0.322 e. The average molecular weight is 261 g/mol. The SMILES string of the molecule is CC(O)CN(C)c1nc(Cl)nc(OC(C)C)n1. The summed E-state index contributed by atoms with van der Waals surface area (Å²) in [4.78, 5) is 13.6. The van der Waals surface area contributed by atoms with Crippen LogP contribution in [0.3, 0.4) is 0 Å². The minimum Gasteiger partial charge on any atom is -0.461 e. The molecule has 0 aromatic carbocycles. The van der Waals surface area contributed by atoms with Gasteiger partial charge in [-0.3, -0.25) is 0 Å². The number of aliphatic hydroxyl groups excluding tert-OH is 1. The highest BCUT2D eigenvalue weighted by molar-refractivity contribution is 6.28. The fraction of sp³-hybridized carbons (Fsp3) is 0.700. The molecular formula is C10H17ClN4O2. The fourth-order valence-electron chi connectivity index (χ4n) is 1.23. The van der Waals surface area contributed by atoms with Gasteiger partial charge in [0.1, 0.15) is 0 Å². The fourth-order valence-corrected chi connectivity index (χ4v) is 1.38. The molecule has 1 rings (SSSR count). The Morgan fingerprint density at radius 2 is 1.94 bits per heavy atom. The maximum absolute atomic E-state index is 9.29. The van der Waals surface area contributed by atoms with E-state index < -0.39 is 6.10 Å². The van der Waals surface area contributed by atoms with Crippen molar-refractivity contribution in [1.29, 1.82) is 0 Å². The normalized spacial score (nSPS) is 12.6. The highest BCUT2D eigenvalue weighted by Crippen LogP contribution is 2.15. The Balaban J connectivity index is 2.88. The first kappa shape index (κ1) is 13.9. The van der Waals surface area contributed by atoms with Crippen molar-refractivity contribution < 1.29 is 9.84 Å². The second-order valence-electron chi connectivity index (χ2n) is 4.08. The van der Waals surface area contributed by atoms with Crippen LogP contribution in [0.5, 0.6) is 6.01 Å². The maximum atomic E-state index is 9.29. The van der Waals surface area contributed by atoms with Gasteiger partial charge in [0.25, 0.3) is 0 Å². The number of aromatic nitrogens is 3. The third kappa shape index (κ3) is 4.70. The van der Waals surface area contributed by atoms with Crippen LogP contribution in [0, 0.1) is 0 Å². The van der Waals surface area contributed by atoms with Gasteiger partial charge >= 0.3 is 6.01 Å². The van der Waals surface area contributed by atoms with Gasteiger partial charge in [0, 0.05) is 13.6 Å². The van der Waals surface area contributed by atoms with Crippen molar-refractivity contribution in [3.8, 4) is 6.01 Å². The summed E-state index contributed by atoms with van der Waals surface area (Å²) in [7, 11) is 1.76. The lowest BCUT2D eigenvalue weighted by Crippen LogP contribution is -2.28. The highest BCUT2D eigenvalue weighted by atomic mass is 35.5. The smallest absolute Gasteiger partial charge is 0.322 e. The van der Waals surface area contributed by atoms with Crippen LogP contribution in [0.2, 0.25) is 5.28 Å². The lowest BCUT2D eigenvalue weighted by Gasteiger charge is -2.19. The molecule has 1 heterocycles. The van der Waals surface area contributed by atoms with Crippen molar-refractivity contribution in [2.45, 2.75) is 33.0 Å². The summed E-state index contributed by atoms with van der Waals surface area (Å²) in [5.41, 5.74) is 0. The molecule has 0 spiro atoms. The molecule has 0 aliphatic carbocycles. The number of anilines is 1. The number of halogens is 1. The molecule has 0 amide bonds. The molecule has 1 unspecified atom stereocenters. The Kier molecular flexibility index (Phi) is 4.89. The van der Waals surface area contributed by atoms with E-state index in [0.717, 1.165) is 0 Å². The Hall–Kier alpha value is -1.14. The lowest BCUT2D eigenvalue weighted by atomic mass is 10.4. The van der Waals surface area contributed by atoms with Crippen LogP contribution in [0.25, 0.3) is 0 Å². The number of hydrogen-bond donors (Lipinski definition) is 1. The van der Waals surface area contributed by atoms with Crippen LogP contribution < -0.4 is 9.64 Å². The van der Waals surface area contributed by atoms with E-state index in [4.69, 9.17) is 16.3 Å². The molecule has 0 aliphatic heterocycles. The quantitative estimate of drug-likeness (QED) is 0.856. The molecule has 1 N–H and O–H groups in total. The lowest BCUT2D eigenvalue weighted by molar-refractivity contribution is 0.200. The molecule has 0 radical (unpaired) electrons. The third-order valence-corrected chi connectivity index (χ3v) is 1.97.